The smallest absolute Gasteiger partial charge is 0.0560 e. The van der Waals surface area contributed by atoms with Crippen molar-refractivity contribution in [3.05, 3.63) is 247 Å². The molecule has 3 nitrogen and oxygen atoms in total. The van der Waals surface area contributed by atoms with E-state index in [4.69, 9.17) is 0 Å². The van der Waals surface area contributed by atoms with Gasteiger partial charge in [-0.05, 0) is 117 Å². The minimum Gasteiger partial charge on any atom is -0.310 e. The molecule has 0 spiro atoms. The lowest BCUT2D eigenvalue weighted by Crippen LogP contribution is -2.15. The lowest BCUT2D eigenvalue weighted by molar-refractivity contribution is 1.23. The van der Waals surface area contributed by atoms with Crippen LogP contribution in [0.4, 0.5) is 51.2 Å². The van der Waals surface area contributed by atoms with E-state index in [1.54, 1.807) is 0 Å². The van der Waals surface area contributed by atoms with Crippen LogP contribution in [-0.2, 0) is 0 Å². The molecule has 0 aliphatic heterocycles. The Kier molecular flexibility index (Phi) is 10.8. The third kappa shape index (κ3) is 7.94. The van der Waals surface area contributed by atoms with Crippen LogP contribution in [0.1, 0.15) is 16.7 Å². The predicted molar refractivity (Wildman–Crippen MR) is 256 cm³/mol. The van der Waals surface area contributed by atoms with Gasteiger partial charge in [-0.15, -0.1) is 0 Å². The number of benzene rings is 9. The van der Waals surface area contributed by atoms with E-state index < -0.39 is 0 Å². The summed E-state index contributed by atoms with van der Waals surface area (Å²) in [5, 5.41) is 0. The third-order valence-corrected chi connectivity index (χ3v) is 11.0. The highest BCUT2D eigenvalue weighted by molar-refractivity contribution is 5.95. The molecule has 9 aromatic rings. The zero-order valence-corrected chi connectivity index (χ0v) is 34.3. The molecule has 0 radical (unpaired) electrons. The summed E-state index contributed by atoms with van der Waals surface area (Å²) in [4.78, 5) is 7.17. The first-order chi connectivity index (χ1) is 29.5. The quantitative estimate of drug-likeness (QED) is 0.130. The van der Waals surface area contributed by atoms with Gasteiger partial charge in [0.25, 0.3) is 0 Å². The van der Waals surface area contributed by atoms with Gasteiger partial charge >= 0.3 is 0 Å². The van der Waals surface area contributed by atoms with E-state index in [0.717, 1.165) is 73.4 Å². The molecule has 0 aliphatic rings. The van der Waals surface area contributed by atoms with Crippen molar-refractivity contribution in [1.82, 2.24) is 0 Å². The molecule has 60 heavy (non-hydrogen) atoms. The summed E-state index contributed by atoms with van der Waals surface area (Å²) < 4.78 is 0. The van der Waals surface area contributed by atoms with Crippen molar-refractivity contribution in [2.45, 2.75) is 20.8 Å². The van der Waals surface area contributed by atoms with E-state index in [-0.39, 0.29) is 0 Å². The standard InChI is InChI=1S/C57H47N3/c1-42-24-30-49(31-25-42)58(52-36-38-54(45-16-8-4-9-17-45)56(40-52)59(47-20-12-6-13-21-47)50-32-26-43(2)27-33-50)53-37-39-55(46-18-10-5-11-19-46)57(41-53)60(48-22-14-7-15-23-48)51-34-28-44(3)29-35-51/h4-41H,1-3H3. The second-order valence-electron chi connectivity index (χ2n) is 15.3. The molecule has 0 saturated carbocycles. The molecule has 0 fully saturated rings. The molecule has 0 atom stereocenters. The van der Waals surface area contributed by atoms with Crippen molar-refractivity contribution >= 4 is 51.2 Å². The maximum absolute atomic E-state index is 2.40. The van der Waals surface area contributed by atoms with Crippen LogP contribution in [0.5, 0.6) is 0 Å². The van der Waals surface area contributed by atoms with Crippen LogP contribution in [0.15, 0.2) is 231 Å². The molecule has 0 saturated heterocycles. The van der Waals surface area contributed by atoms with E-state index in [0.29, 0.717) is 0 Å². The van der Waals surface area contributed by atoms with Gasteiger partial charge in [0.2, 0.25) is 0 Å². The zero-order chi connectivity index (χ0) is 40.8. The molecule has 0 aliphatic carbocycles. The van der Waals surface area contributed by atoms with Gasteiger partial charge in [0.15, 0.2) is 0 Å². The van der Waals surface area contributed by atoms with Crippen molar-refractivity contribution in [2.24, 2.45) is 0 Å². The van der Waals surface area contributed by atoms with Crippen molar-refractivity contribution < 1.29 is 0 Å². The van der Waals surface area contributed by atoms with Crippen LogP contribution in [0.25, 0.3) is 22.3 Å². The van der Waals surface area contributed by atoms with Crippen LogP contribution in [0.3, 0.4) is 0 Å². The highest BCUT2D eigenvalue weighted by Crippen LogP contribution is 2.48. The topological polar surface area (TPSA) is 9.72 Å². The molecule has 0 amide bonds. The highest BCUT2D eigenvalue weighted by atomic mass is 15.2. The van der Waals surface area contributed by atoms with Gasteiger partial charge < -0.3 is 14.7 Å². The van der Waals surface area contributed by atoms with Gasteiger partial charge in [0, 0.05) is 50.9 Å². The Hall–Kier alpha value is -7.62. The summed E-state index contributed by atoms with van der Waals surface area (Å²) in [7, 11) is 0. The van der Waals surface area contributed by atoms with Gasteiger partial charge in [-0.2, -0.15) is 0 Å². The summed E-state index contributed by atoms with van der Waals surface area (Å²) in [5.41, 5.74) is 17.9. The lowest BCUT2D eigenvalue weighted by atomic mass is 9.99. The maximum Gasteiger partial charge on any atom is 0.0560 e. The summed E-state index contributed by atoms with van der Waals surface area (Å²) in [5.74, 6) is 0. The van der Waals surface area contributed by atoms with Crippen LogP contribution in [-0.4, -0.2) is 0 Å². The fourth-order valence-electron chi connectivity index (χ4n) is 7.95. The average Bonchev–Trinajstić information content (AvgIpc) is 3.30. The number of nitrogens with zero attached hydrogens (tertiary/aromatic N) is 3. The van der Waals surface area contributed by atoms with Crippen molar-refractivity contribution in [3.8, 4) is 22.3 Å². The number of para-hydroxylation sites is 2. The van der Waals surface area contributed by atoms with Crippen molar-refractivity contribution in [2.75, 3.05) is 14.7 Å². The van der Waals surface area contributed by atoms with Crippen LogP contribution >= 0.6 is 0 Å². The molecule has 0 heterocycles. The van der Waals surface area contributed by atoms with Gasteiger partial charge in [-0.3, -0.25) is 0 Å². The van der Waals surface area contributed by atoms with Crippen molar-refractivity contribution in [1.29, 1.82) is 0 Å². The molecule has 290 valence electrons. The monoisotopic (exact) mass is 773 g/mol. The maximum atomic E-state index is 2.40. The number of hydrogen-bond donors (Lipinski definition) is 0. The summed E-state index contributed by atoms with van der Waals surface area (Å²) in [6.45, 7) is 6.43. The Labute approximate surface area is 354 Å². The molecule has 9 rings (SSSR count). The SMILES string of the molecule is Cc1ccc(N(c2ccc(-c3ccccc3)c(N(c3ccccc3)c3ccc(C)cc3)c2)c2ccc(-c3ccccc3)c(N(c3ccccc3)c3ccc(C)cc3)c2)cc1. The van der Waals surface area contributed by atoms with E-state index >= 15 is 0 Å². The van der Waals surface area contributed by atoms with Gasteiger partial charge in [-0.25, -0.2) is 0 Å². The Bertz CT molecular complexity index is 2630. The molecule has 9 aromatic carbocycles. The summed E-state index contributed by atoms with van der Waals surface area (Å²) in [6, 6.07) is 83.2. The van der Waals surface area contributed by atoms with Gasteiger partial charge in [0.05, 0.1) is 11.4 Å². The molecular formula is C57H47N3. The van der Waals surface area contributed by atoms with E-state index in [9.17, 15) is 0 Å². The summed E-state index contributed by atoms with van der Waals surface area (Å²) >= 11 is 0. The minimum atomic E-state index is 1.04. The molecular weight excluding hydrogens is 727 g/mol. The third-order valence-electron chi connectivity index (χ3n) is 11.0. The Balaban J connectivity index is 1.31. The molecule has 3 heteroatoms. The first kappa shape index (κ1) is 37.9. The normalized spacial score (nSPS) is 10.9. The Morgan fingerprint density at radius 1 is 0.233 bits per heavy atom. The van der Waals surface area contributed by atoms with E-state index in [1.807, 2.05) is 0 Å². The van der Waals surface area contributed by atoms with Gasteiger partial charge in [-0.1, -0.05) is 162 Å². The largest absolute Gasteiger partial charge is 0.310 e. The number of anilines is 9. The van der Waals surface area contributed by atoms with E-state index in [2.05, 4.69) is 266 Å². The number of hydrogen-bond acceptors (Lipinski definition) is 3. The second kappa shape index (κ2) is 17.1. The van der Waals surface area contributed by atoms with Gasteiger partial charge in [0.1, 0.15) is 0 Å². The number of rotatable bonds is 11. The zero-order valence-electron chi connectivity index (χ0n) is 34.3. The number of aryl methyl sites for hydroxylation is 3. The lowest BCUT2D eigenvalue weighted by Gasteiger charge is -2.33. The molecule has 0 N–H and O–H groups in total. The molecule has 0 bridgehead atoms. The first-order valence-corrected chi connectivity index (χ1v) is 20.6. The van der Waals surface area contributed by atoms with Crippen molar-refractivity contribution in [3.63, 3.8) is 0 Å². The average molecular weight is 774 g/mol. The van der Waals surface area contributed by atoms with Crippen LogP contribution in [0, 0.1) is 20.8 Å². The highest BCUT2D eigenvalue weighted by Gasteiger charge is 2.24. The summed E-state index contributed by atoms with van der Waals surface area (Å²) in [6.07, 6.45) is 0. The molecule has 0 unspecified atom stereocenters. The fraction of sp³-hybridized carbons (Fsp3) is 0.0526. The minimum absolute atomic E-state index is 1.04. The Morgan fingerprint density at radius 2 is 0.500 bits per heavy atom. The fourth-order valence-corrected chi connectivity index (χ4v) is 7.95. The molecule has 0 aromatic heterocycles. The predicted octanol–water partition coefficient (Wildman–Crippen LogP) is 16.4. The second-order valence-corrected chi connectivity index (χ2v) is 15.3. The Morgan fingerprint density at radius 3 is 0.833 bits per heavy atom. The van der Waals surface area contributed by atoms with Crippen LogP contribution in [0.2, 0.25) is 0 Å². The first-order valence-electron chi connectivity index (χ1n) is 20.6. The van der Waals surface area contributed by atoms with E-state index in [1.165, 1.54) is 16.7 Å². The van der Waals surface area contributed by atoms with Crippen LogP contribution < -0.4 is 14.7 Å².